The zero-order valence-corrected chi connectivity index (χ0v) is 15.7. The molecule has 1 N–H and O–H groups in total. The molecule has 0 unspecified atom stereocenters. The van der Waals surface area contributed by atoms with E-state index in [9.17, 15) is 23.1 Å². The highest BCUT2D eigenvalue weighted by Crippen LogP contribution is 2.32. The number of para-hydroxylation sites is 2. The minimum absolute atomic E-state index is 0.151. The number of halogens is 3. The van der Waals surface area contributed by atoms with Crippen molar-refractivity contribution in [1.29, 1.82) is 0 Å². The van der Waals surface area contributed by atoms with Gasteiger partial charge in [0.05, 0.1) is 24.7 Å². The number of fused-ring (bicyclic) bond motifs is 1. The Balaban J connectivity index is 1.78. The van der Waals surface area contributed by atoms with Crippen LogP contribution in [0.2, 0.25) is 0 Å². The number of nitrogens with zero attached hydrogens (tertiary/aromatic N) is 2. The van der Waals surface area contributed by atoms with Gasteiger partial charge in [-0.3, -0.25) is 4.79 Å². The van der Waals surface area contributed by atoms with Gasteiger partial charge in [0.2, 0.25) is 5.82 Å². The van der Waals surface area contributed by atoms with E-state index < -0.39 is 18.1 Å². The molecule has 0 saturated carbocycles. The Labute approximate surface area is 164 Å². The van der Waals surface area contributed by atoms with E-state index in [1.54, 1.807) is 12.1 Å². The fraction of sp³-hybridized carbons (Fsp3) is 0.300. The smallest absolute Gasteiger partial charge is 0.449 e. The van der Waals surface area contributed by atoms with Crippen LogP contribution in [-0.4, -0.2) is 40.3 Å². The molecule has 0 bridgehead atoms. The van der Waals surface area contributed by atoms with E-state index in [-0.39, 0.29) is 41.5 Å². The summed E-state index contributed by atoms with van der Waals surface area (Å²) in [6.45, 7) is 0.773. The Morgan fingerprint density at radius 1 is 1.21 bits per heavy atom. The molecule has 1 atom stereocenters. The van der Waals surface area contributed by atoms with Crippen molar-refractivity contribution < 1.29 is 32.5 Å². The monoisotopic (exact) mass is 408 g/mol. The molecule has 0 saturated heterocycles. The number of aromatic nitrogens is 2. The molecule has 0 radical (unpaired) electrons. The zero-order chi connectivity index (χ0) is 21.2. The van der Waals surface area contributed by atoms with Crippen LogP contribution in [0.5, 0.6) is 11.5 Å². The average Bonchev–Trinajstić information content (AvgIpc) is 3.05. The van der Waals surface area contributed by atoms with Gasteiger partial charge in [-0.2, -0.15) is 13.2 Å². The second kappa shape index (κ2) is 8.12. The van der Waals surface area contributed by atoms with E-state index in [0.29, 0.717) is 5.56 Å². The molecule has 154 valence electrons. The second-order valence-electron chi connectivity index (χ2n) is 6.42. The van der Waals surface area contributed by atoms with Gasteiger partial charge in [0, 0.05) is 5.56 Å². The predicted molar refractivity (Wildman–Crippen MR) is 99.2 cm³/mol. The third kappa shape index (κ3) is 4.51. The molecule has 29 heavy (non-hydrogen) atoms. The summed E-state index contributed by atoms with van der Waals surface area (Å²) in [5.41, 5.74) is 0.881. The Hall–Kier alpha value is -3.07. The van der Waals surface area contributed by atoms with Crippen molar-refractivity contribution in [3.8, 4) is 11.5 Å². The number of rotatable bonds is 7. The summed E-state index contributed by atoms with van der Waals surface area (Å²) in [4.78, 5) is 15.1. The maximum absolute atomic E-state index is 13.3. The van der Waals surface area contributed by atoms with E-state index in [0.717, 1.165) is 4.57 Å². The van der Waals surface area contributed by atoms with Gasteiger partial charge in [-0.05, 0) is 37.3 Å². The topological polar surface area (TPSA) is 73.6 Å². The number of ketones is 1. The van der Waals surface area contributed by atoms with Crippen molar-refractivity contribution in [1.82, 2.24) is 9.55 Å². The van der Waals surface area contributed by atoms with Crippen molar-refractivity contribution in [3.63, 3.8) is 0 Å². The first kappa shape index (κ1) is 20.7. The summed E-state index contributed by atoms with van der Waals surface area (Å²) < 4.78 is 51.7. The summed E-state index contributed by atoms with van der Waals surface area (Å²) in [6, 6.07) is 10.7. The van der Waals surface area contributed by atoms with Crippen molar-refractivity contribution in [2.45, 2.75) is 25.7 Å². The molecule has 3 aromatic rings. The number of aliphatic hydroxyl groups excluding tert-OH is 1. The van der Waals surface area contributed by atoms with E-state index in [1.807, 2.05) is 0 Å². The third-order valence-corrected chi connectivity index (χ3v) is 4.30. The van der Waals surface area contributed by atoms with Crippen LogP contribution in [-0.2, 0) is 12.7 Å². The largest absolute Gasteiger partial charge is 0.493 e. The van der Waals surface area contributed by atoms with Crippen LogP contribution in [0.1, 0.15) is 23.1 Å². The molecule has 6 nitrogen and oxygen atoms in total. The number of carbonyl (C=O) groups is 1. The molecule has 1 heterocycles. The SMILES string of the molecule is COc1cc(C(C)=O)ccc1OC[C@H](O)Cn1c(C(F)(F)F)nc2ccccc21. The molecule has 0 aliphatic rings. The number of hydrogen-bond donors (Lipinski definition) is 1. The molecular weight excluding hydrogens is 389 g/mol. The van der Waals surface area contributed by atoms with Gasteiger partial charge < -0.3 is 19.1 Å². The lowest BCUT2D eigenvalue weighted by molar-refractivity contribution is -0.147. The van der Waals surface area contributed by atoms with E-state index in [4.69, 9.17) is 9.47 Å². The highest BCUT2D eigenvalue weighted by molar-refractivity contribution is 5.94. The Kier molecular flexibility index (Phi) is 5.78. The van der Waals surface area contributed by atoms with Gasteiger partial charge in [-0.1, -0.05) is 12.1 Å². The normalized spacial score (nSPS) is 12.8. The molecule has 0 spiro atoms. The summed E-state index contributed by atoms with van der Waals surface area (Å²) >= 11 is 0. The molecule has 2 aromatic carbocycles. The molecule has 9 heteroatoms. The molecule has 0 fully saturated rings. The number of ether oxygens (including phenoxy) is 2. The van der Waals surface area contributed by atoms with Crippen LogP contribution in [0.4, 0.5) is 13.2 Å². The van der Waals surface area contributed by atoms with Crippen LogP contribution >= 0.6 is 0 Å². The first-order chi connectivity index (χ1) is 13.7. The van der Waals surface area contributed by atoms with Gasteiger partial charge in [-0.15, -0.1) is 0 Å². The maximum Gasteiger partial charge on any atom is 0.449 e. The van der Waals surface area contributed by atoms with Crippen molar-refractivity contribution in [2.24, 2.45) is 0 Å². The van der Waals surface area contributed by atoms with E-state index in [2.05, 4.69) is 4.98 Å². The van der Waals surface area contributed by atoms with Gasteiger partial charge in [0.25, 0.3) is 0 Å². The summed E-state index contributed by atoms with van der Waals surface area (Å²) in [6.07, 6.45) is -5.91. The first-order valence-electron chi connectivity index (χ1n) is 8.73. The van der Waals surface area contributed by atoms with E-state index >= 15 is 0 Å². The molecule has 3 rings (SSSR count). The minimum atomic E-state index is -4.66. The van der Waals surface area contributed by atoms with E-state index in [1.165, 1.54) is 44.4 Å². The van der Waals surface area contributed by atoms with Gasteiger partial charge in [0.15, 0.2) is 17.3 Å². The molecule has 0 aliphatic carbocycles. The summed E-state index contributed by atoms with van der Waals surface area (Å²) in [5.74, 6) is -0.681. The number of carbonyl (C=O) groups excluding carboxylic acids is 1. The van der Waals surface area contributed by atoms with Gasteiger partial charge in [0.1, 0.15) is 12.7 Å². The number of alkyl halides is 3. The maximum atomic E-state index is 13.3. The van der Waals surface area contributed by atoms with Crippen molar-refractivity contribution >= 4 is 16.8 Å². The zero-order valence-electron chi connectivity index (χ0n) is 15.7. The lowest BCUT2D eigenvalue weighted by Crippen LogP contribution is -2.26. The first-order valence-corrected chi connectivity index (χ1v) is 8.73. The Bertz CT molecular complexity index is 1030. The minimum Gasteiger partial charge on any atom is -0.493 e. The Morgan fingerprint density at radius 3 is 2.59 bits per heavy atom. The lowest BCUT2D eigenvalue weighted by Gasteiger charge is -2.17. The predicted octanol–water partition coefficient (Wildman–Crippen LogP) is 3.71. The number of benzene rings is 2. The lowest BCUT2D eigenvalue weighted by atomic mass is 10.1. The van der Waals surface area contributed by atoms with Crippen LogP contribution in [0, 0.1) is 0 Å². The fourth-order valence-corrected chi connectivity index (χ4v) is 2.93. The number of hydrogen-bond acceptors (Lipinski definition) is 5. The quantitative estimate of drug-likeness (QED) is 0.604. The third-order valence-electron chi connectivity index (χ3n) is 4.30. The Morgan fingerprint density at radius 2 is 1.93 bits per heavy atom. The summed E-state index contributed by atoms with van der Waals surface area (Å²) in [7, 11) is 1.40. The molecule has 0 aliphatic heterocycles. The molecule has 0 amide bonds. The van der Waals surface area contributed by atoms with Crippen LogP contribution in [0.3, 0.4) is 0 Å². The molecule has 1 aromatic heterocycles. The average molecular weight is 408 g/mol. The standard InChI is InChI=1S/C20H19F3N2O4/c1-12(26)13-7-8-17(18(9-13)28-2)29-11-14(27)10-25-16-6-4-3-5-15(16)24-19(25)20(21,22)23/h3-9,14,27H,10-11H2,1-2H3/t14-/m1/s1. The number of Topliss-reactive ketones (excluding diaryl/α,β-unsaturated/α-hetero) is 1. The number of methoxy groups -OCH3 is 1. The fourth-order valence-electron chi connectivity index (χ4n) is 2.93. The van der Waals surface area contributed by atoms with Crippen LogP contribution in [0.25, 0.3) is 11.0 Å². The molecular formula is C20H19F3N2O4. The van der Waals surface area contributed by atoms with Gasteiger partial charge >= 0.3 is 6.18 Å². The van der Waals surface area contributed by atoms with Crippen LogP contribution in [0.15, 0.2) is 42.5 Å². The highest BCUT2D eigenvalue weighted by atomic mass is 19.4. The van der Waals surface area contributed by atoms with Crippen molar-refractivity contribution in [2.75, 3.05) is 13.7 Å². The highest BCUT2D eigenvalue weighted by Gasteiger charge is 2.38. The van der Waals surface area contributed by atoms with Crippen molar-refractivity contribution in [3.05, 3.63) is 53.9 Å². The number of imidazole rings is 1. The van der Waals surface area contributed by atoms with Gasteiger partial charge in [-0.25, -0.2) is 4.98 Å². The number of aliphatic hydroxyl groups is 1. The second-order valence-corrected chi connectivity index (χ2v) is 6.42. The van der Waals surface area contributed by atoms with Crippen LogP contribution < -0.4 is 9.47 Å². The summed E-state index contributed by atoms with van der Waals surface area (Å²) in [5, 5.41) is 10.3.